The van der Waals surface area contributed by atoms with Gasteiger partial charge in [-0.15, -0.1) is 0 Å². The van der Waals surface area contributed by atoms with Crippen LogP contribution in [0.15, 0.2) is 52.3 Å². The topological polar surface area (TPSA) is 129 Å². The van der Waals surface area contributed by atoms with Crippen LogP contribution in [-0.2, 0) is 4.79 Å². The van der Waals surface area contributed by atoms with Crippen molar-refractivity contribution in [1.29, 1.82) is 0 Å². The maximum Gasteiger partial charge on any atom is 0.305 e. The first-order valence-corrected chi connectivity index (χ1v) is 11.8. The Labute approximate surface area is 210 Å². The Morgan fingerprint density at radius 1 is 1.14 bits per heavy atom. The first kappa shape index (κ1) is 24.8. The van der Waals surface area contributed by atoms with Gasteiger partial charge in [0.05, 0.1) is 39.9 Å². The average Bonchev–Trinajstić information content (AvgIpc) is 2.84. The van der Waals surface area contributed by atoms with E-state index in [0.29, 0.717) is 17.7 Å². The number of amides is 1. The third kappa shape index (κ3) is 5.37. The summed E-state index contributed by atoms with van der Waals surface area (Å²) in [5, 5.41) is 15.9. The minimum Gasteiger partial charge on any atom is -0.481 e. The van der Waals surface area contributed by atoms with Crippen LogP contribution >= 0.6 is 23.2 Å². The lowest BCUT2D eigenvalue weighted by Crippen LogP contribution is -2.54. The highest BCUT2D eigenvalue weighted by atomic mass is 35.5. The van der Waals surface area contributed by atoms with Crippen molar-refractivity contribution in [3.05, 3.63) is 84.3 Å². The van der Waals surface area contributed by atoms with E-state index in [9.17, 15) is 24.3 Å². The number of carboxylic acids is 1. The fourth-order valence-electron chi connectivity index (χ4n) is 4.27. The van der Waals surface area contributed by atoms with Gasteiger partial charge in [-0.1, -0.05) is 35.3 Å². The standard InChI is InChI=1S/C24H22Cl2N4O5/c25-15-11-27-12-16(26)22(15)24(35)29-14-6-4-13(5-7-14)17(10-21(32)33)30(18-9-19(31)23(18)34)20-3-1-2-8-28-20/h4-7,9,11-12,17,20,28H,1-3,8,10H2,(H,29,35)(H,32,33). The monoisotopic (exact) mass is 516 g/mol. The van der Waals surface area contributed by atoms with Gasteiger partial charge in [-0.25, -0.2) is 0 Å². The number of anilines is 2. The van der Waals surface area contributed by atoms with E-state index in [1.54, 1.807) is 29.2 Å². The van der Waals surface area contributed by atoms with Crippen molar-refractivity contribution in [2.75, 3.05) is 16.8 Å². The molecule has 9 nitrogen and oxygen atoms in total. The van der Waals surface area contributed by atoms with Gasteiger partial charge in [0, 0.05) is 24.1 Å². The molecule has 1 aliphatic heterocycles. The van der Waals surface area contributed by atoms with Gasteiger partial charge in [0.2, 0.25) is 10.9 Å². The van der Waals surface area contributed by atoms with Crippen LogP contribution in [0.1, 0.15) is 47.6 Å². The van der Waals surface area contributed by atoms with Crippen LogP contribution in [0.5, 0.6) is 0 Å². The Hall–Kier alpha value is -3.27. The molecular weight excluding hydrogens is 495 g/mol. The van der Waals surface area contributed by atoms with E-state index in [-0.39, 0.29) is 33.9 Å². The predicted octanol–water partition coefficient (Wildman–Crippen LogP) is 3.36. The molecule has 4 rings (SSSR count). The van der Waals surface area contributed by atoms with Gasteiger partial charge in [0.15, 0.2) is 0 Å². The van der Waals surface area contributed by atoms with Gasteiger partial charge in [0.25, 0.3) is 5.91 Å². The highest BCUT2D eigenvalue weighted by molar-refractivity contribution is 6.40. The number of benzene rings is 1. The number of carboxylic acid groups (broad SMARTS) is 1. The first-order chi connectivity index (χ1) is 16.8. The number of aromatic nitrogens is 1. The fraction of sp³-hybridized carbons (Fsp3) is 0.292. The zero-order valence-corrected chi connectivity index (χ0v) is 20.0. The zero-order valence-electron chi connectivity index (χ0n) is 18.5. The van der Waals surface area contributed by atoms with Crippen molar-refractivity contribution >= 4 is 46.5 Å². The maximum atomic E-state index is 12.7. The molecule has 0 bridgehead atoms. The lowest BCUT2D eigenvalue weighted by Gasteiger charge is -2.42. The lowest BCUT2D eigenvalue weighted by atomic mass is 9.97. The predicted molar refractivity (Wildman–Crippen MR) is 133 cm³/mol. The van der Waals surface area contributed by atoms with Crippen LogP contribution in [0, 0.1) is 0 Å². The number of nitrogens with zero attached hydrogens (tertiary/aromatic N) is 2. The number of aliphatic carboxylic acids is 1. The molecule has 0 saturated carbocycles. The second-order valence-electron chi connectivity index (χ2n) is 8.26. The molecule has 182 valence electrons. The van der Waals surface area contributed by atoms with Crippen LogP contribution in [0.4, 0.5) is 11.4 Å². The summed E-state index contributed by atoms with van der Waals surface area (Å²) in [5.74, 6) is -1.57. The van der Waals surface area contributed by atoms with Crippen molar-refractivity contribution in [2.24, 2.45) is 0 Å². The van der Waals surface area contributed by atoms with E-state index < -0.39 is 28.8 Å². The molecule has 35 heavy (non-hydrogen) atoms. The summed E-state index contributed by atoms with van der Waals surface area (Å²) in [5.41, 5.74) is 0.133. The van der Waals surface area contributed by atoms with Gasteiger partial charge in [-0.3, -0.25) is 29.5 Å². The Morgan fingerprint density at radius 2 is 1.83 bits per heavy atom. The molecule has 3 N–H and O–H groups in total. The second kappa shape index (κ2) is 10.6. The molecule has 2 atom stereocenters. The SMILES string of the molecule is O=C(O)CC(c1ccc(NC(=O)c2c(Cl)cncc2Cl)cc1)N(c1cc(=O)c1=O)C1CCCCN1. The number of nitrogens with one attached hydrogen (secondary N) is 2. The Kier molecular flexibility index (Phi) is 7.49. The summed E-state index contributed by atoms with van der Waals surface area (Å²) in [7, 11) is 0. The molecule has 3 aromatic rings. The van der Waals surface area contributed by atoms with Crippen LogP contribution in [0.2, 0.25) is 10.0 Å². The molecule has 2 aromatic carbocycles. The molecule has 0 aliphatic carbocycles. The molecule has 1 amide bonds. The van der Waals surface area contributed by atoms with E-state index in [4.69, 9.17) is 23.2 Å². The Morgan fingerprint density at radius 3 is 2.37 bits per heavy atom. The molecule has 0 radical (unpaired) electrons. The number of hydrogen-bond acceptors (Lipinski definition) is 7. The number of carbonyl (C=O) groups is 2. The van der Waals surface area contributed by atoms with Crippen LogP contribution in [0.25, 0.3) is 0 Å². The molecule has 11 heteroatoms. The molecule has 1 saturated heterocycles. The van der Waals surface area contributed by atoms with Crippen molar-refractivity contribution < 1.29 is 14.7 Å². The van der Waals surface area contributed by atoms with E-state index in [1.807, 2.05) is 0 Å². The number of hydrogen-bond donors (Lipinski definition) is 3. The van der Waals surface area contributed by atoms with Gasteiger partial charge in [-0.2, -0.15) is 0 Å². The maximum absolute atomic E-state index is 12.7. The molecule has 2 heterocycles. The van der Waals surface area contributed by atoms with Crippen LogP contribution in [0.3, 0.4) is 0 Å². The summed E-state index contributed by atoms with van der Waals surface area (Å²) >= 11 is 12.1. The van der Waals surface area contributed by atoms with Gasteiger partial charge in [-0.05, 0) is 43.5 Å². The summed E-state index contributed by atoms with van der Waals surface area (Å²) in [6.07, 6.45) is 4.65. The van der Waals surface area contributed by atoms with E-state index in [0.717, 1.165) is 19.4 Å². The molecule has 1 aromatic heterocycles. The number of rotatable bonds is 8. The number of halogens is 2. The minimum atomic E-state index is -1.05. The molecule has 2 unspecified atom stereocenters. The summed E-state index contributed by atoms with van der Waals surface area (Å²) < 4.78 is 0. The van der Waals surface area contributed by atoms with E-state index in [2.05, 4.69) is 15.6 Å². The van der Waals surface area contributed by atoms with Gasteiger partial charge >= 0.3 is 5.97 Å². The van der Waals surface area contributed by atoms with E-state index >= 15 is 0 Å². The number of piperidine rings is 1. The van der Waals surface area contributed by atoms with E-state index in [1.165, 1.54) is 18.5 Å². The van der Waals surface area contributed by atoms with Crippen LogP contribution in [-0.4, -0.2) is 34.7 Å². The van der Waals surface area contributed by atoms with Gasteiger partial charge in [0.1, 0.15) is 0 Å². The summed E-state index contributed by atoms with van der Waals surface area (Å²) in [6.45, 7) is 0.724. The van der Waals surface area contributed by atoms with Crippen molar-refractivity contribution in [2.45, 2.75) is 37.9 Å². The van der Waals surface area contributed by atoms with Crippen molar-refractivity contribution in [3.63, 3.8) is 0 Å². The normalized spacial score (nSPS) is 16.6. The highest BCUT2D eigenvalue weighted by Gasteiger charge is 2.34. The third-order valence-electron chi connectivity index (χ3n) is 5.96. The average molecular weight is 517 g/mol. The molecular formula is C24H22Cl2N4O5. The fourth-order valence-corrected chi connectivity index (χ4v) is 4.81. The zero-order chi connectivity index (χ0) is 25.1. The Balaban J connectivity index is 1.63. The smallest absolute Gasteiger partial charge is 0.305 e. The van der Waals surface area contributed by atoms with Crippen molar-refractivity contribution in [1.82, 2.24) is 10.3 Å². The summed E-state index contributed by atoms with van der Waals surface area (Å²) in [4.78, 5) is 54.0. The second-order valence-corrected chi connectivity index (χ2v) is 9.08. The molecule has 0 spiro atoms. The quantitative estimate of drug-likeness (QED) is 0.388. The molecule has 1 fully saturated rings. The Bertz CT molecular complexity index is 1290. The number of pyridine rings is 1. The number of carbonyl (C=O) groups excluding carboxylic acids is 1. The first-order valence-electron chi connectivity index (χ1n) is 11.0. The molecule has 1 aliphatic rings. The lowest BCUT2D eigenvalue weighted by molar-refractivity contribution is -0.137. The van der Waals surface area contributed by atoms with Crippen molar-refractivity contribution in [3.8, 4) is 0 Å². The highest BCUT2D eigenvalue weighted by Crippen LogP contribution is 2.33. The van der Waals surface area contributed by atoms with Gasteiger partial charge < -0.3 is 15.3 Å². The largest absolute Gasteiger partial charge is 0.481 e. The summed E-state index contributed by atoms with van der Waals surface area (Å²) in [6, 6.07) is 7.16. The third-order valence-corrected chi connectivity index (χ3v) is 6.53. The minimum absolute atomic E-state index is 0.0887. The van der Waals surface area contributed by atoms with Crippen LogP contribution < -0.4 is 26.4 Å².